The van der Waals surface area contributed by atoms with Gasteiger partial charge < -0.3 is 5.32 Å². The van der Waals surface area contributed by atoms with Gasteiger partial charge >= 0.3 is 0 Å². The number of nitrogens with zero attached hydrogens (tertiary/aromatic N) is 2. The molecule has 0 amide bonds. The molecule has 1 aliphatic rings. The van der Waals surface area contributed by atoms with E-state index in [4.69, 9.17) is 0 Å². The second-order valence-corrected chi connectivity index (χ2v) is 5.20. The number of benzene rings is 1. The molecule has 0 saturated heterocycles. The lowest BCUT2D eigenvalue weighted by Gasteiger charge is -2.06. The van der Waals surface area contributed by atoms with Gasteiger partial charge in [-0.2, -0.15) is 5.10 Å². The van der Waals surface area contributed by atoms with Crippen LogP contribution in [0.2, 0.25) is 0 Å². The van der Waals surface area contributed by atoms with Gasteiger partial charge in [-0.3, -0.25) is 0 Å². The van der Waals surface area contributed by atoms with Gasteiger partial charge in [-0.25, -0.2) is 9.07 Å². The molecule has 1 aliphatic carbocycles. The Morgan fingerprint density at radius 3 is 2.84 bits per heavy atom. The maximum absolute atomic E-state index is 13.3. The Bertz CT molecular complexity index is 599. The molecule has 1 aromatic carbocycles. The highest BCUT2D eigenvalue weighted by Crippen LogP contribution is 2.22. The summed E-state index contributed by atoms with van der Waals surface area (Å²) in [6, 6.07) is 7.22. The summed E-state index contributed by atoms with van der Waals surface area (Å²) in [5.74, 6) is -0.234. The van der Waals surface area contributed by atoms with Crippen molar-refractivity contribution in [2.24, 2.45) is 0 Å². The third-order valence-corrected chi connectivity index (χ3v) is 3.64. The highest BCUT2D eigenvalue weighted by molar-refractivity contribution is 5.37. The molecule has 1 N–H and O–H groups in total. The molecule has 1 aromatic heterocycles. The van der Waals surface area contributed by atoms with Crippen molar-refractivity contribution in [1.82, 2.24) is 15.1 Å². The Kier molecular flexibility index (Phi) is 3.11. The molecule has 3 nitrogen and oxygen atoms in total. The molecule has 3 rings (SSSR count). The molecule has 1 saturated carbocycles. The summed E-state index contributed by atoms with van der Waals surface area (Å²) in [6.45, 7) is 4.89. The predicted molar refractivity (Wildman–Crippen MR) is 72.9 cm³/mol. The topological polar surface area (TPSA) is 29.9 Å². The normalized spacial score (nSPS) is 14.9. The fourth-order valence-corrected chi connectivity index (χ4v) is 2.32. The first kappa shape index (κ1) is 12.4. The zero-order valence-electron chi connectivity index (χ0n) is 11.3. The van der Waals surface area contributed by atoms with Gasteiger partial charge in [0.1, 0.15) is 5.82 Å². The molecule has 0 radical (unpaired) electrons. The van der Waals surface area contributed by atoms with E-state index in [0.29, 0.717) is 6.04 Å². The van der Waals surface area contributed by atoms with Crippen molar-refractivity contribution in [2.45, 2.75) is 39.3 Å². The van der Waals surface area contributed by atoms with Crippen LogP contribution in [-0.4, -0.2) is 15.8 Å². The molecule has 2 aromatic rings. The van der Waals surface area contributed by atoms with Gasteiger partial charge in [0.2, 0.25) is 0 Å². The van der Waals surface area contributed by atoms with E-state index in [-0.39, 0.29) is 5.82 Å². The van der Waals surface area contributed by atoms with E-state index < -0.39 is 0 Å². The van der Waals surface area contributed by atoms with Crippen molar-refractivity contribution in [1.29, 1.82) is 0 Å². The number of aromatic nitrogens is 2. The first-order valence-corrected chi connectivity index (χ1v) is 6.69. The minimum atomic E-state index is -0.234. The van der Waals surface area contributed by atoms with E-state index in [1.807, 2.05) is 24.6 Å². The summed E-state index contributed by atoms with van der Waals surface area (Å²) in [7, 11) is 0. The number of hydrogen-bond donors (Lipinski definition) is 1. The zero-order chi connectivity index (χ0) is 13.4. The predicted octanol–water partition coefficient (Wildman–Crippen LogP) is 2.88. The van der Waals surface area contributed by atoms with Gasteiger partial charge in [0.15, 0.2) is 0 Å². The molecule has 19 heavy (non-hydrogen) atoms. The summed E-state index contributed by atoms with van der Waals surface area (Å²) in [5, 5.41) is 8.03. The minimum Gasteiger partial charge on any atom is -0.310 e. The standard InChI is InChI=1S/C15H18FN3/c1-10-15(9-17-13-6-7-13)11(2)19(18-10)14-5-3-4-12(16)8-14/h3-5,8,13,17H,6-7,9H2,1-2H3. The van der Waals surface area contributed by atoms with Gasteiger partial charge in [-0.1, -0.05) is 6.07 Å². The molecule has 1 heterocycles. The van der Waals surface area contributed by atoms with Crippen molar-refractivity contribution < 1.29 is 4.39 Å². The Morgan fingerprint density at radius 1 is 1.37 bits per heavy atom. The average Bonchev–Trinajstić information content (AvgIpc) is 3.15. The van der Waals surface area contributed by atoms with Crippen LogP contribution < -0.4 is 5.32 Å². The maximum Gasteiger partial charge on any atom is 0.125 e. The first-order chi connectivity index (χ1) is 9.15. The van der Waals surface area contributed by atoms with Gasteiger partial charge in [-0.05, 0) is 44.9 Å². The van der Waals surface area contributed by atoms with E-state index in [1.54, 1.807) is 6.07 Å². The number of hydrogen-bond acceptors (Lipinski definition) is 2. The fraction of sp³-hybridized carbons (Fsp3) is 0.400. The lowest BCUT2D eigenvalue weighted by molar-refractivity contribution is 0.625. The summed E-state index contributed by atoms with van der Waals surface area (Å²) in [4.78, 5) is 0. The van der Waals surface area contributed by atoms with Gasteiger partial charge in [0.05, 0.1) is 11.4 Å². The van der Waals surface area contributed by atoms with E-state index >= 15 is 0 Å². The monoisotopic (exact) mass is 259 g/mol. The van der Waals surface area contributed by atoms with Crippen molar-refractivity contribution >= 4 is 0 Å². The van der Waals surface area contributed by atoms with Crippen molar-refractivity contribution in [3.63, 3.8) is 0 Å². The van der Waals surface area contributed by atoms with E-state index in [0.717, 1.165) is 23.6 Å². The molecule has 4 heteroatoms. The van der Waals surface area contributed by atoms with Crippen LogP contribution in [0.25, 0.3) is 5.69 Å². The summed E-state index contributed by atoms with van der Waals surface area (Å²) in [5.41, 5.74) is 4.08. The second kappa shape index (κ2) is 4.78. The van der Waals surface area contributed by atoms with Crippen molar-refractivity contribution in [2.75, 3.05) is 0 Å². The van der Waals surface area contributed by atoms with Gasteiger partial charge in [-0.15, -0.1) is 0 Å². The molecule has 0 atom stereocenters. The summed E-state index contributed by atoms with van der Waals surface area (Å²) < 4.78 is 15.1. The van der Waals surface area contributed by atoms with Gasteiger partial charge in [0.25, 0.3) is 0 Å². The highest BCUT2D eigenvalue weighted by atomic mass is 19.1. The molecule has 100 valence electrons. The van der Waals surface area contributed by atoms with Crippen molar-refractivity contribution in [3.05, 3.63) is 47.0 Å². The Labute approximate surface area is 112 Å². The smallest absolute Gasteiger partial charge is 0.125 e. The van der Waals surface area contributed by atoms with Crippen LogP contribution >= 0.6 is 0 Å². The number of aryl methyl sites for hydroxylation is 1. The SMILES string of the molecule is Cc1nn(-c2cccc(F)c2)c(C)c1CNC1CC1. The number of nitrogens with one attached hydrogen (secondary N) is 1. The molecular formula is C15H18FN3. The summed E-state index contributed by atoms with van der Waals surface area (Å²) >= 11 is 0. The molecule has 0 spiro atoms. The van der Waals surface area contributed by atoms with E-state index in [1.165, 1.54) is 30.5 Å². The Hall–Kier alpha value is -1.68. The third-order valence-electron chi connectivity index (χ3n) is 3.64. The molecule has 0 bridgehead atoms. The van der Waals surface area contributed by atoms with E-state index in [9.17, 15) is 4.39 Å². The molecule has 0 unspecified atom stereocenters. The maximum atomic E-state index is 13.3. The highest BCUT2D eigenvalue weighted by Gasteiger charge is 2.21. The fourth-order valence-electron chi connectivity index (χ4n) is 2.32. The van der Waals surface area contributed by atoms with Crippen LogP contribution in [0.3, 0.4) is 0 Å². The van der Waals surface area contributed by atoms with Crippen LogP contribution in [0, 0.1) is 19.7 Å². The second-order valence-electron chi connectivity index (χ2n) is 5.20. The minimum absolute atomic E-state index is 0.234. The molecular weight excluding hydrogens is 241 g/mol. The third kappa shape index (κ3) is 2.54. The van der Waals surface area contributed by atoms with Crippen LogP contribution in [0.4, 0.5) is 4.39 Å². The van der Waals surface area contributed by atoms with Crippen LogP contribution in [-0.2, 0) is 6.54 Å². The van der Waals surface area contributed by atoms with Crippen LogP contribution in [0.15, 0.2) is 24.3 Å². The molecule has 0 aliphatic heterocycles. The first-order valence-electron chi connectivity index (χ1n) is 6.69. The lowest BCUT2D eigenvalue weighted by atomic mass is 10.2. The van der Waals surface area contributed by atoms with Crippen LogP contribution in [0.5, 0.6) is 0 Å². The van der Waals surface area contributed by atoms with Crippen LogP contribution in [0.1, 0.15) is 29.8 Å². The Balaban J connectivity index is 1.91. The zero-order valence-corrected chi connectivity index (χ0v) is 11.3. The van der Waals surface area contributed by atoms with Crippen molar-refractivity contribution in [3.8, 4) is 5.69 Å². The largest absolute Gasteiger partial charge is 0.310 e. The number of halogens is 1. The quantitative estimate of drug-likeness (QED) is 0.915. The van der Waals surface area contributed by atoms with E-state index in [2.05, 4.69) is 10.4 Å². The lowest BCUT2D eigenvalue weighted by Crippen LogP contribution is -2.16. The molecule has 1 fully saturated rings. The average molecular weight is 259 g/mol. The Morgan fingerprint density at radius 2 is 2.16 bits per heavy atom. The number of rotatable bonds is 4. The summed E-state index contributed by atoms with van der Waals surface area (Å²) in [6.07, 6.45) is 2.55. The van der Waals surface area contributed by atoms with Gasteiger partial charge in [0, 0.05) is 23.8 Å².